The highest BCUT2D eigenvalue weighted by Crippen LogP contribution is 2.22. The summed E-state index contributed by atoms with van der Waals surface area (Å²) in [5, 5.41) is 0. The van der Waals surface area contributed by atoms with Gasteiger partial charge in [-0.15, -0.1) is 3.89 Å². The lowest BCUT2D eigenvalue weighted by atomic mass is 10.4. The molecular formula is C11H14FNO4S3. The number of hydrogen-bond donors (Lipinski definition) is 0. The van der Waals surface area contributed by atoms with E-state index in [-0.39, 0.29) is 4.90 Å². The molecule has 5 nitrogen and oxygen atoms in total. The minimum atomic E-state index is -4.91. The van der Waals surface area contributed by atoms with Crippen LogP contribution >= 0.6 is 11.8 Å². The Morgan fingerprint density at radius 1 is 1.05 bits per heavy atom. The number of thioether (sulfide) groups is 1. The van der Waals surface area contributed by atoms with Crippen molar-refractivity contribution in [2.75, 3.05) is 24.6 Å². The molecule has 0 aromatic heterocycles. The standard InChI is InChI=1S/C11H14FNO4S3/c12-19(14,15)10-3-1-4-11(9-10)20(16,17)13-5-2-7-18-8-6-13/h1,3-4,9H,2,5-8H2. The third-order valence-corrected chi connectivity index (χ3v) is 6.67. The Hall–Kier alpha value is -0.640. The first-order chi connectivity index (χ1) is 9.32. The van der Waals surface area contributed by atoms with Crippen LogP contribution in [0.25, 0.3) is 0 Å². The maximum atomic E-state index is 13.0. The van der Waals surface area contributed by atoms with Crippen LogP contribution in [0.1, 0.15) is 6.42 Å². The van der Waals surface area contributed by atoms with Gasteiger partial charge in [0.2, 0.25) is 10.0 Å². The molecule has 0 N–H and O–H groups in total. The fourth-order valence-corrected chi connectivity index (χ4v) is 5.01. The third kappa shape index (κ3) is 3.51. The molecule has 0 atom stereocenters. The second-order valence-corrected chi connectivity index (χ2v) is 8.79. The number of halogens is 1. The van der Waals surface area contributed by atoms with Gasteiger partial charge in [0.1, 0.15) is 0 Å². The highest BCUT2D eigenvalue weighted by atomic mass is 32.3. The van der Waals surface area contributed by atoms with Crippen molar-refractivity contribution < 1.29 is 20.7 Å². The van der Waals surface area contributed by atoms with E-state index in [0.29, 0.717) is 18.8 Å². The number of nitrogens with zero attached hydrogens (tertiary/aromatic N) is 1. The van der Waals surface area contributed by atoms with Crippen LogP contribution in [0.3, 0.4) is 0 Å². The highest BCUT2D eigenvalue weighted by molar-refractivity contribution is 7.99. The molecule has 2 rings (SSSR count). The summed E-state index contributed by atoms with van der Waals surface area (Å²) < 4.78 is 60.8. The summed E-state index contributed by atoms with van der Waals surface area (Å²) in [6.07, 6.45) is 0.741. The van der Waals surface area contributed by atoms with Gasteiger partial charge < -0.3 is 0 Å². The van der Waals surface area contributed by atoms with Gasteiger partial charge in [-0.2, -0.15) is 24.5 Å². The molecule has 0 radical (unpaired) electrons. The van der Waals surface area contributed by atoms with Gasteiger partial charge in [0.05, 0.1) is 9.79 Å². The predicted octanol–water partition coefficient (Wildman–Crippen LogP) is 1.47. The average Bonchev–Trinajstić information content (AvgIpc) is 2.67. The Morgan fingerprint density at radius 3 is 2.45 bits per heavy atom. The first kappa shape index (κ1) is 15.7. The Balaban J connectivity index is 2.39. The molecule has 1 fully saturated rings. The van der Waals surface area contributed by atoms with Gasteiger partial charge in [0.15, 0.2) is 0 Å². The molecule has 1 aliphatic heterocycles. The van der Waals surface area contributed by atoms with E-state index in [2.05, 4.69) is 0 Å². The summed E-state index contributed by atoms with van der Waals surface area (Å²) >= 11 is 1.68. The normalized spacial score (nSPS) is 18.6. The summed E-state index contributed by atoms with van der Waals surface area (Å²) in [6, 6.07) is 4.41. The molecule has 0 aliphatic carbocycles. The van der Waals surface area contributed by atoms with E-state index in [1.807, 2.05) is 0 Å². The number of benzene rings is 1. The number of hydrogen-bond acceptors (Lipinski definition) is 5. The van der Waals surface area contributed by atoms with Crippen LogP contribution in [0.4, 0.5) is 3.89 Å². The van der Waals surface area contributed by atoms with Gasteiger partial charge >= 0.3 is 10.2 Å². The second kappa shape index (κ2) is 6.00. The van der Waals surface area contributed by atoms with E-state index < -0.39 is 25.1 Å². The monoisotopic (exact) mass is 339 g/mol. The largest absolute Gasteiger partial charge is 0.332 e. The maximum absolute atomic E-state index is 13.0. The van der Waals surface area contributed by atoms with Crippen molar-refractivity contribution in [1.29, 1.82) is 0 Å². The molecule has 1 aromatic rings. The minimum Gasteiger partial charge on any atom is -0.207 e. The lowest BCUT2D eigenvalue weighted by molar-refractivity contribution is 0.435. The highest BCUT2D eigenvalue weighted by Gasteiger charge is 2.26. The molecular weight excluding hydrogens is 325 g/mol. The van der Waals surface area contributed by atoms with Crippen LogP contribution in [0.15, 0.2) is 34.1 Å². The summed E-state index contributed by atoms with van der Waals surface area (Å²) in [5.74, 6) is 1.59. The lowest BCUT2D eigenvalue weighted by Gasteiger charge is -2.19. The van der Waals surface area contributed by atoms with Crippen molar-refractivity contribution in [3.05, 3.63) is 24.3 Å². The Kier molecular flexibility index (Phi) is 4.73. The average molecular weight is 339 g/mol. The second-order valence-electron chi connectivity index (χ2n) is 4.28. The van der Waals surface area contributed by atoms with Crippen molar-refractivity contribution >= 4 is 32.0 Å². The summed E-state index contributed by atoms with van der Waals surface area (Å²) in [7, 11) is -8.69. The predicted molar refractivity (Wildman–Crippen MR) is 75.4 cm³/mol. The molecule has 0 saturated carbocycles. The fraction of sp³-hybridized carbons (Fsp3) is 0.455. The summed E-state index contributed by atoms with van der Waals surface area (Å²) in [6.45, 7) is 0.765. The zero-order valence-electron chi connectivity index (χ0n) is 10.5. The van der Waals surface area contributed by atoms with E-state index in [4.69, 9.17) is 0 Å². The molecule has 0 bridgehead atoms. The molecule has 1 heterocycles. The Bertz CT molecular complexity index is 679. The molecule has 1 aliphatic rings. The number of rotatable bonds is 3. The Morgan fingerprint density at radius 2 is 1.75 bits per heavy atom. The maximum Gasteiger partial charge on any atom is 0.332 e. The van der Waals surface area contributed by atoms with E-state index in [0.717, 1.165) is 24.3 Å². The molecule has 0 amide bonds. The molecule has 112 valence electrons. The van der Waals surface area contributed by atoms with Crippen molar-refractivity contribution in [2.24, 2.45) is 0 Å². The molecule has 9 heteroatoms. The molecule has 0 unspecified atom stereocenters. The van der Waals surface area contributed by atoms with Gasteiger partial charge in [-0.25, -0.2) is 8.42 Å². The zero-order valence-corrected chi connectivity index (χ0v) is 13.0. The third-order valence-electron chi connectivity index (χ3n) is 2.91. The molecule has 0 spiro atoms. The van der Waals surface area contributed by atoms with Crippen LogP contribution in [0.5, 0.6) is 0 Å². The van der Waals surface area contributed by atoms with Crippen molar-refractivity contribution in [2.45, 2.75) is 16.2 Å². The lowest BCUT2D eigenvalue weighted by Crippen LogP contribution is -2.33. The van der Waals surface area contributed by atoms with Crippen LogP contribution in [-0.4, -0.2) is 45.7 Å². The smallest absolute Gasteiger partial charge is 0.207 e. The van der Waals surface area contributed by atoms with E-state index >= 15 is 0 Å². The summed E-state index contributed by atoms with van der Waals surface area (Å²) in [4.78, 5) is -0.828. The van der Waals surface area contributed by atoms with Crippen LogP contribution in [0, 0.1) is 0 Å². The summed E-state index contributed by atoms with van der Waals surface area (Å²) in [5.41, 5.74) is 0. The minimum absolute atomic E-state index is 0.192. The van der Waals surface area contributed by atoms with Crippen LogP contribution < -0.4 is 0 Å². The van der Waals surface area contributed by atoms with E-state index in [1.54, 1.807) is 11.8 Å². The van der Waals surface area contributed by atoms with Crippen LogP contribution in [0.2, 0.25) is 0 Å². The van der Waals surface area contributed by atoms with Gasteiger partial charge in [-0.1, -0.05) is 6.07 Å². The fourth-order valence-electron chi connectivity index (χ4n) is 1.90. The van der Waals surface area contributed by atoms with Gasteiger partial charge in [0.25, 0.3) is 0 Å². The SMILES string of the molecule is O=S(=O)(F)c1cccc(S(=O)(=O)N2CCCSCC2)c1. The van der Waals surface area contributed by atoms with Gasteiger partial charge in [-0.3, -0.25) is 0 Å². The van der Waals surface area contributed by atoms with E-state index in [9.17, 15) is 20.7 Å². The van der Waals surface area contributed by atoms with Crippen molar-refractivity contribution in [3.63, 3.8) is 0 Å². The molecule has 1 aromatic carbocycles. The van der Waals surface area contributed by atoms with Crippen molar-refractivity contribution in [3.8, 4) is 0 Å². The van der Waals surface area contributed by atoms with Gasteiger partial charge in [-0.05, 0) is 30.4 Å². The van der Waals surface area contributed by atoms with E-state index in [1.165, 1.54) is 16.4 Å². The topological polar surface area (TPSA) is 71.5 Å². The Labute approximate surface area is 122 Å². The van der Waals surface area contributed by atoms with Crippen LogP contribution in [-0.2, 0) is 20.2 Å². The first-order valence-electron chi connectivity index (χ1n) is 5.94. The quantitative estimate of drug-likeness (QED) is 0.780. The van der Waals surface area contributed by atoms with Crippen molar-refractivity contribution in [1.82, 2.24) is 4.31 Å². The molecule has 20 heavy (non-hydrogen) atoms. The molecule has 1 saturated heterocycles. The van der Waals surface area contributed by atoms with Gasteiger partial charge in [0, 0.05) is 18.8 Å². The first-order valence-corrected chi connectivity index (χ1v) is 9.92. The zero-order chi connectivity index (χ0) is 14.8. The number of sulfonamides is 1.